The molecule has 2 nitrogen and oxygen atoms in total. The predicted octanol–water partition coefficient (Wildman–Crippen LogP) is 4.62. The van der Waals surface area contributed by atoms with E-state index in [4.69, 9.17) is 23.2 Å². The number of aromatic nitrogens is 1. The molecule has 1 atom stereocenters. The fraction of sp³-hybridized carbons (Fsp3) is 0.182. The molecule has 1 unspecified atom stereocenters. The molecule has 0 fully saturated rings. The SMILES string of the molecule is CC(Nc1ccc(Cl)nc1)c1csc(Cl)c1. The summed E-state index contributed by atoms with van der Waals surface area (Å²) in [5.74, 6) is 0. The van der Waals surface area contributed by atoms with Gasteiger partial charge in [-0.15, -0.1) is 11.3 Å². The maximum Gasteiger partial charge on any atom is 0.129 e. The first kappa shape index (κ1) is 11.7. The van der Waals surface area contributed by atoms with Crippen LogP contribution in [0.1, 0.15) is 18.5 Å². The highest BCUT2D eigenvalue weighted by Gasteiger charge is 2.07. The van der Waals surface area contributed by atoms with Gasteiger partial charge < -0.3 is 5.32 Å². The van der Waals surface area contributed by atoms with E-state index in [0.29, 0.717) is 5.15 Å². The minimum Gasteiger partial charge on any atom is -0.377 e. The maximum atomic E-state index is 5.89. The van der Waals surface area contributed by atoms with Crippen molar-refractivity contribution >= 4 is 40.2 Å². The third kappa shape index (κ3) is 2.88. The van der Waals surface area contributed by atoms with Crippen LogP contribution in [-0.2, 0) is 0 Å². The van der Waals surface area contributed by atoms with Crippen molar-refractivity contribution in [3.63, 3.8) is 0 Å². The summed E-state index contributed by atoms with van der Waals surface area (Å²) in [5.41, 5.74) is 2.11. The Labute approximate surface area is 108 Å². The van der Waals surface area contributed by atoms with Gasteiger partial charge in [-0.2, -0.15) is 0 Å². The van der Waals surface area contributed by atoms with E-state index in [0.717, 1.165) is 10.0 Å². The van der Waals surface area contributed by atoms with E-state index in [2.05, 4.69) is 17.2 Å². The lowest BCUT2D eigenvalue weighted by atomic mass is 10.2. The number of thiophene rings is 1. The van der Waals surface area contributed by atoms with Crippen molar-refractivity contribution in [3.05, 3.63) is 44.8 Å². The van der Waals surface area contributed by atoms with Crippen LogP contribution in [0, 0.1) is 0 Å². The summed E-state index contributed by atoms with van der Waals surface area (Å²) in [6.07, 6.45) is 1.72. The van der Waals surface area contributed by atoms with Gasteiger partial charge in [-0.3, -0.25) is 0 Å². The van der Waals surface area contributed by atoms with Crippen LogP contribution in [0.4, 0.5) is 5.69 Å². The fourth-order valence-corrected chi connectivity index (χ4v) is 2.44. The van der Waals surface area contributed by atoms with Crippen molar-refractivity contribution in [1.82, 2.24) is 4.98 Å². The van der Waals surface area contributed by atoms with Crippen LogP contribution in [0.3, 0.4) is 0 Å². The van der Waals surface area contributed by atoms with Gasteiger partial charge in [0.25, 0.3) is 0 Å². The molecule has 0 aliphatic heterocycles. The summed E-state index contributed by atoms with van der Waals surface area (Å²) < 4.78 is 0.804. The van der Waals surface area contributed by atoms with Crippen molar-refractivity contribution in [2.24, 2.45) is 0 Å². The van der Waals surface area contributed by atoms with Crippen LogP contribution in [0.15, 0.2) is 29.8 Å². The molecule has 5 heteroatoms. The minimum absolute atomic E-state index is 0.201. The molecule has 0 aromatic carbocycles. The summed E-state index contributed by atoms with van der Waals surface area (Å²) in [6, 6.07) is 5.83. The van der Waals surface area contributed by atoms with Crippen LogP contribution in [0.2, 0.25) is 9.49 Å². The predicted molar refractivity (Wildman–Crippen MR) is 70.6 cm³/mol. The molecule has 0 aliphatic rings. The number of rotatable bonds is 3. The summed E-state index contributed by atoms with van der Waals surface area (Å²) in [5, 5.41) is 5.87. The Kier molecular flexibility index (Phi) is 3.69. The number of pyridine rings is 1. The number of nitrogens with one attached hydrogen (secondary N) is 1. The first-order valence-corrected chi connectivity index (χ1v) is 6.41. The smallest absolute Gasteiger partial charge is 0.129 e. The van der Waals surface area contributed by atoms with E-state index in [1.807, 2.05) is 17.5 Å². The van der Waals surface area contributed by atoms with Gasteiger partial charge in [0.05, 0.1) is 16.2 Å². The van der Waals surface area contributed by atoms with Gasteiger partial charge in [-0.05, 0) is 36.1 Å². The van der Waals surface area contributed by atoms with E-state index in [1.165, 1.54) is 16.9 Å². The molecule has 2 rings (SSSR count). The van der Waals surface area contributed by atoms with Crippen LogP contribution >= 0.6 is 34.5 Å². The summed E-state index contributed by atoms with van der Waals surface area (Å²) in [6.45, 7) is 2.08. The Bertz CT molecular complexity index is 467. The third-order valence-electron chi connectivity index (χ3n) is 2.20. The highest BCUT2D eigenvalue weighted by molar-refractivity contribution is 7.14. The van der Waals surface area contributed by atoms with E-state index >= 15 is 0 Å². The summed E-state index contributed by atoms with van der Waals surface area (Å²) in [7, 11) is 0. The van der Waals surface area contributed by atoms with E-state index in [-0.39, 0.29) is 6.04 Å². The molecule has 0 aliphatic carbocycles. The van der Waals surface area contributed by atoms with Crippen molar-refractivity contribution in [2.45, 2.75) is 13.0 Å². The van der Waals surface area contributed by atoms with Crippen LogP contribution in [-0.4, -0.2) is 4.98 Å². The second-order valence-corrected chi connectivity index (χ2v) is 5.35. The van der Waals surface area contributed by atoms with Crippen molar-refractivity contribution in [2.75, 3.05) is 5.32 Å². The standard InChI is InChI=1S/C11H10Cl2N2S/c1-7(8-4-11(13)16-6-8)15-9-2-3-10(12)14-5-9/h2-7,15H,1H3. The third-order valence-corrected chi connectivity index (χ3v) is 3.53. The Morgan fingerprint density at radius 3 is 2.75 bits per heavy atom. The number of anilines is 1. The number of hydrogen-bond donors (Lipinski definition) is 1. The quantitative estimate of drug-likeness (QED) is 0.825. The molecular formula is C11H10Cl2N2S. The number of halogens is 2. The molecule has 84 valence electrons. The normalized spacial score (nSPS) is 12.4. The van der Waals surface area contributed by atoms with Gasteiger partial charge in [0, 0.05) is 6.04 Å². The van der Waals surface area contributed by atoms with Gasteiger partial charge in [0.1, 0.15) is 5.15 Å². The van der Waals surface area contributed by atoms with Gasteiger partial charge in [0.2, 0.25) is 0 Å². The zero-order valence-corrected chi connectivity index (χ0v) is 10.9. The van der Waals surface area contributed by atoms with Crippen LogP contribution in [0.25, 0.3) is 0 Å². The summed E-state index contributed by atoms with van der Waals surface area (Å²) >= 11 is 13.1. The summed E-state index contributed by atoms with van der Waals surface area (Å²) in [4.78, 5) is 4.01. The first-order chi connectivity index (χ1) is 7.65. The average molecular weight is 273 g/mol. The van der Waals surface area contributed by atoms with Gasteiger partial charge in [-0.1, -0.05) is 23.2 Å². The molecule has 0 saturated carbocycles. The van der Waals surface area contributed by atoms with Crippen LogP contribution < -0.4 is 5.32 Å². The Hall–Kier alpha value is -0.770. The molecule has 1 N–H and O–H groups in total. The van der Waals surface area contributed by atoms with Gasteiger partial charge in [-0.25, -0.2) is 4.98 Å². The molecule has 2 aromatic rings. The minimum atomic E-state index is 0.201. The maximum absolute atomic E-state index is 5.89. The molecule has 0 spiro atoms. The molecule has 0 amide bonds. The Morgan fingerprint density at radius 1 is 1.38 bits per heavy atom. The zero-order valence-electron chi connectivity index (χ0n) is 8.58. The van der Waals surface area contributed by atoms with E-state index < -0.39 is 0 Å². The lowest BCUT2D eigenvalue weighted by molar-refractivity contribution is 0.889. The van der Waals surface area contributed by atoms with Crippen molar-refractivity contribution < 1.29 is 0 Å². The monoisotopic (exact) mass is 272 g/mol. The highest BCUT2D eigenvalue weighted by Crippen LogP contribution is 2.26. The van der Waals surface area contributed by atoms with Crippen LogP contribution in [0.5, 0.6) is 0 Å². The lowest BCUT2D eigenvalue weighted by Crippen LogP contribution is -2.05. The van der Waals surface area contributed by atoms with Crippen molar-refractivity contribution in [3.8, 4) is 0 Å². The largest absolute Gasteiger partial charge is 0.377 e. The molecular weight excluding hydrogens is 263 g/mol. The van der Waals surface area contributed by atoms with Gasteiger partial charge >= 0.3 is 0 Å². The van der Waals surface area contributed by atoms with E-state index in [1.54, 1.807) is 12.3 Å². The lowest BCUT2D eigenvalue weighted by Gasteiger charge is -2.13. The topological polar surface area (TPSA) is 24.9 Å². The van der Waals surface area contributed by atoms with Gasteiger partial charge in [0.15, 0.2) is 0 Å². The first-order valence-electron chi connectivity index (χ1n) is 4.77. The second kappa shape index (κ2) is 5.04. The molecule has 0 radical (unpaired) electrons. The average Bonchev–Trinajstić information content (AvgIpc) is 2.68. The zero-order chi connectivity index (χ0) is 11.5. The van der Waals surface area contributed by atoms with E-state index in [9.17, 15) is 0 Å². The molecule has 16 heavy (non-hydrogen) atoms. The van der Waals surface area contributed by atoms with Crippen molar-refractivity contribution in [1.29, 1.82) is 0 Å². The fourth-order valence-electron chi connectivity index (χ4n) is 1.35. The molecule has 0 saturated heterocycles. The molecule has 2 heterocycles. The number of hydrogen-bond acceptors (Lipinski definition) is 3. The number of nitrogens with zero attached hydrogens (tertiary/aromatic N) is 1. The Balaban J connectivity index is 2.07. The second-order valence-electron chi connectivity index (χ2n) is 3.42. The highest BCUT2D eigenvalue weighted by atomic mass is 35.5. The molecule has 2 aromatic heterocycles. The Morgan fingerprint density at radius 2 is 2.19 bits per heavy atom. The molecule has 0 bridgehead atoms.